The molecule has 2 atom stereocenters. The summed E-state index contributed by atoms with van der Waals surface area (Å²) in [7, 11) is 0. The molecular weight excluding hydrogens is 262 g/mol. The first kappa shape index (κ1) is 16.4. The minimum atomic E-state index is -0.633. The molecule has 0 bridgehead atoms. The van der Waals surface area contributed by atoms with Crippen LogP contribution >= 0.6 is 0 Å². The summed E-state index contributed by atoms with van der Waals surface area (Å²) in [5, 5.41) is 5.53. The fraction of sp³-hybridized carbons (Fsp3) is 0.533. The lowest BCUT2D eigenvalue weighted by atomic mass is 10.1. The molecule has 0 aromatic heterocycles. The van der Waals surface area contributed by atoms with Crippen LogP contribution < -0.4 is 10.6 Å². The van der Waals surface area contributed by atoms with Crippen LogP contribution in [0.1, 0.15) is 39.2 Å². The average molecular weight is 284 g/mol. The number of aryl methyl sites for hydroxylation is 1. The molecular formula is C15H22F2N2O. The zero-order valence-electron chi connectivity index (χ0n) is 12.4. The SMILES string of the molecule is CCCC(C)NC(=O)C(C)Nc1cc(F)c(C)cc1F. The summed E-state index contributed by atoms with van der Waals surface area (Å²) in [6.45, 7) is 7.06. The van der Waals surface area contributed by atoms with Crippen molar-refractivity contribution in [1.29, 1.82) is 0 Å². The highest BCUT2D eigenvalue weighted by atomic mass is 19.1. The van der Waals surface area contributed by atoms with Crippen LogP contribution in [0.15, 0.2) is 12.1 Å². The molecule has 0 aliphatic rings. The molecule has 0 spiro atoms. The molecule has 0 saturated heterocycles. The highest BCUT2D eigenvalue weighted by molar-refractivity contribution is 5.84. The van der Waals surface area contributed by atoms with E-state index in [0.29, 0.717) is 0 Å². The normalized spacial score (nSPS) is 13.7. The van der Waals surface area contributed by atoms with Crippen molar-refractivity contribution in [1.82, 2.24) is 5.32 Å². The third-order valence-corrected chi connectivity index (χ3v) is 3.12. The standard InChI is InChI=1S/C15H22F2N2O/c1-5-6-10(3)18-15(20)11(4)19-14-8-12(16)9(2)7-13(14)17/h7-8,10-11,19H,5-6H2,1-4H3,(H,18,20). The summed E-state index contributed by atoms with van der Waals surface area (Å²) < 4.78 is 27.1. The highest BCUT2D eigenvalue weighted by Gasteiger charge is 2.17. The van der Waals surface area contributed by atoms with Crippen LogP contribution in [-0.2, 0) is 4.79 Å². The van der Waals surface area contributed by atoms with Crippen LogP contribution in [0.5, 0.6) is 0 Å². The molecule has 0 saturated carbocycles. The number of amides is 1. The van der Waals surface area contributed by atoms with Crippen molar-refractivity contribution < 1.29 is 13.6 Å². The summed E-state index contributed by atoms with van der Waals surface area (Å²) in [4.78, 5) is 11.9. The van der Waals surface area contributed by atoms with E-state index in [9.17, 15) is 13.6 Å². The summed E-state index contributed by atoms with van der Waals surface area (Å²) in [6.07, 6.45) is 1.85. The van der Waals surface area contributed by atoms with Gasteiger partial charge in [-0.2, -0.15) is 0 Å². The maximum Gasteiger partial charge on any atom is 0.242 e. The molecule has 2 N–H and O–H groups in total. The third-order valence-electron chi connectivity index (χ3n) is 3.12. The second kappa shape index (κ2) is 7.22. The topological polar surface area (TPSA) is 41.1 Å². The number of rotatable bonds is 6. The molecule has 0 aliphatic carbocycles. The molecule has 1 amide bonds. The van der Waals surface area contributed by atoms with Crippen LogP contribution in [-0.4, -0.2) is 18.0 Å². The van der Waals surface area contributed by atoms with Crippen molar-refractivity contribution in [2.75, 3.05) is 5.32 Å². The molecule has 3 nitrogen and oxygen atoms in total. The number of nitrogens with one attached hydrogen (secondary N) is 2. The smallest absolute Gasteiger partial charge is 0.242 e. The van der Waals surface area contributed by atoms with Crippen molar-refractivity contribution in [3.05, 3.63) is 29.3 Å². The Morgan fingerprint density at radius 3 is 2.50 bits per heavy atom. The van der Waals surface area contributed by atoms with E-state index in [1.165, 1.54) is 6.92 Å². The van der Waals surface area contributed by atoms with E-state index >= 15 is 0 Å². The Bertz CT molecular complexity index is 477. The van der Waals surface area contributed by atoms with Gasteiger partial charge < -0.3 is 10.6 Å². The van der Waals surface area contributed by atoms with Crippen LogP contribution in [0.3, 0.4) is 0 Å². The van der Waals surface area contributed by atoms with Gasteiger partial charge in [-0.15, -0.1) is 0 Å². The highest BCUT2D eigenvalue weighted by Crippen LogP contribution is 2.19. The van der Waals surface area contributed by atoms with Crippen LogP contribution in [0, 0.1) is 18.6 Å². The minimum Gasteiger partial charge on any atom is -0.371 e. The van der Waals surface area contributed by atoms with Crippen molar-refractivity contribution in [2.45, 2.75) is 52.6 Å². The van der Waals surface area contributed by atoms with E-state index in [1.54, 1.807) is 6.92 Å². The number of anilines is 1. The fourth-order valence-electron chi connectivity index (χ4n) is 1.93. The van der Waals surface area contributed by atoms with Gasteiger partial charge in [0.1, 0.15) is 17.7 Å². The first-order valence-corrected chi connectivity index (χ1v) is 6.87. The zero-order chi connectivity index (χ0) is 15.3. The Balaban J connectivity index is 2.68. The van der Waals surface area contributed by atoms with Crippen molar-refractivity contribution in [3.63, 3.8) is 0 Å². The molecule has 0 heterocycles. The molecule has 112 valence electrons. The number of benzene rings is 1. The van der Waals surface area contributed by atoms with Gasteiger partial charge in [0, 0.05) is 12.1 Å². The molecule has 1 aromatic rings. The minimum absolute atomic E-state index is 0.00102. The molecule has 0 aliphatic heterocycles. The van der Waals surface area contributed by atoms with Crippen LogP contribution in [0.25, 0.3) is 0 Å². The van der Waals surface area contributed by atoms with E-state index < -0.39 is 17.7 Å². The second-order valence-corrected chi connectivity index (χ2v) is 5.15. The van der Waals surface area contributed by atoms with Crippen LogP contribution in [0.4, 0.5) is 14.5 Å². The van der Waals surface area contributed by atoms with Gasteiger partial charge in [-0.25, -0.2) is 8.78 Å². The van der Waals surface area contributed by atoms with E-state index in [0.717, 1.165) is 25.0 Å². The largest absolute Gasteiger partial charge is 0.371 e. The van der Waals surface area contributed by atoms with Gasteiger partial charge in [0.05, 0.1) is 5.69 Å². The number of hydrogen-bond donors (Lipinski definition) is 2. The Labute approximate surface area is 118 Å². The predicted octanol–water partition coefficient (Wildman–Crippen LogP) is 3.38. The number of carbonyl (C=O) groups is 1. The quantitative estimate of drug-likeness (QED) is 0.841. The fourth-order valence-corrected chi connectivity index (χ4v) is 1.93. The van der Waals surface area contributed by atoms with E-state index in [1.807, 2.05) is 13.8 Å². The lowest BCUT2D eigenvalue weighted by Crippen LogP contribution is -2.42. The van der Waals surface area contributed by atoms with Gasteiger partial charge in [0.15, 0.2) is 0 Å². The van der Waals surface area contributed by atoms with Gasteiger partial charge in [-0.05, 0) is 38.8 Å². The molecule has 2 unspecified atom stereocenters. The lowest BCUT2D eigenvalue weighted by molar-refractivity contribution is -0.122. The van der Waals surface area contributed by atoms with Crippen molar-refractivity contribution in [3.8, 4) is 0 Å². The Hall–Kier alpha value is -1.65. The maximum atomic E-state index is 13.7. The zero-order valence-corrected chi connectivity index (χ0v) is 12.4. The molecule has 1 aromatic carbocycles. The number of halogens is 2. The predicted molar refractivity (Wildman–Crippen MR) is 76.7 cm³/mol. The summed E-state index contributed by atoms with van der Waals surface area (Å²) in [5.41, 5.74) is 0.237. The second-order valence-electron chi connectivity index (χ2n) is 5.15. The Morgan fingerprint density at radius 2 is 1.90 bits per heavy atom. The van der Waals surface area contributed by atoms with Gasteiger partial charge in [0.25, 0.3) is 0 Å². The number of hydrogen-bond acceptors (Lipinski definition) is 2. The first-order valence-electron chi connectivity index (χ1n) is 6.87. The molecule has 0 radical (unpaired) electrons. The molecule has 0 fully saturated rings. The third kappa shape index (κ3) is 4.47. The molecule has 1 rings (SSSR count). The van der Waals surface area contributed by atoms with E-state index in [4.69, 9.17) is 0 Å². The van der Waals surface area contributed by atoms with Gasteiger partial charge in [0.2, 0.25) is 5.91 Å². The van der Waals surface area contributed by atoms with Crippen molar-refractivity contribution >= 4 is 11.6 Å². The van der Waals surface area contributed by atoms with E-state index in [2.05, 4.69) is 10.6 Å². The lowest BCUT2D eigenvalue weighted by Gasteiger charge is -2.19. The molecule has 20 heavy (non-hydrogen) atoms. The first-order chi connectivity index (χ1) is 9.35. The van der Waals surface area contributed by atoms with Crippen LogP contribution in [0.2, 0.25) is 0 Å². The van der Waals surface area contributed by atoms with Crippen molar-refractivity contribution in [2.24, 2.45) is 0 Å². The average Bonchev–Trinajstić information content (AvgIpc) is 2.35. The monoisotopic (exact) mass is 284 g/mol. The number of carbonyl (C=O) groups excluding carboxylic acids is 1. The van der Waals surface area contributed by atoms with Gasteiger partial charge >= 0.3 is 0 Å². The van der Waals surface area contributed by atoms with Gasteiger partial charge in [-0.3, -0.25) is 4.79 Å². The maximum absolute atomic E-state index is 13.7. The van der Waals surface area contributed by atoms with Gasteiger partial charge in [-0.1, -0.05) is 13.3 Å². The van der Waals surface area contributed by atoms with E-state index in [-0.39, 0.29) is 23.2 Å². The summed E-state index contributed by atoms with van der Waals surface area (Å²) >= 11 is 0. The Morgan fingerprint density at radius 1 is 1.25 bits per heavy atom. The summed E-state index contributed by atoms with van der Waals surface area (Å²) in [6, 6.07) is 1.62. The Kier molecular flexibility index (Phi) is 5.92. The summed E-state index contributed by atoms with van der Waals surface area (Å²) in [5.74, 6) is -1.29. The molecule has 5 heteroatoms.